The first-order chi connectivity index (χ1) is 8.93. The average molecular weight is 268 g/mol. The maximum absolute atomic E-state index is 11.9. The molecule has 2 saturated heterocycles. The van der Waals surface area contributed by atoms with E-state index in [2.05, 4.69) is 0 Å². The first-order valence-electron chi connectivity index (χ1n) is 6.72. The highest BCUT2D eigenvalue weighted by atomic mass is 16.8. The molecule has 0 N–H and O–H groups in total. The molecule has 1 saturated carbocycles. The van der Waals surface area contributed by atoms with Crippen LogP contribution in [0.3, 0.4) is 0 Å². The number of hydrogen-bond acceptors (Lipinski definition) is 5. The molecule has 1 aliphatic carbocycles. The smallest absolute Gasteiger partial charge is 0.337 e. The normalized spacial score (nSPS) is 45.8. The van der Waals surface area contributed by atoms with Gasteiger partial charge in [-0.25, -0.2) is 4.79 Å². The largest absolute Gasteiger partial charge is 0.504 e. The summed E-state index contributed by atoms with van der Waals surface area (Å²) in [6, 6.07) is 0. The molecule has 3 rings (SSSR count). The Morgan fingerprint density at radius 1 is 1.37 bits per heavy atom. The molecule has 0 bridgehead atoms. The van der Waals surface area contributed by atoms with Gasteiger partial charge < -0.3 is 18.9 Å². The van der Waals surface area contributed by atoms with Crippen molar-refractivity contribution in [2.45, 2.75) is 51.3 Å². The summed E-state index contributed by atoms with van der Waals surface area (Å²) in [7, 11) is 1.54. The molecule has 2 aliphatic heterocycles. The third kappa shape index (κ3) is 1.96. The van der Waals surface area contributed by atoms with Crippen LogP contribution in [0.2, 0.25) is 0 Å². The van der Waals surface area contributed by atoms with Crippen molar-refractivity contribution in [1.82, 2.24) is 0 Å². The summed E-state index contributed by atoms with van der Waals surface area (Å²) in [4.78, 5) is 11.9. The number of carbonyl (C=O) groups is 1. The zero-order chi connectivity index (χ0) is 13.8. The first kappa shape index (κ1) is 12.9. The minimum atomic E-state index is -0.549. The van der Waals surface area contributed by atoms with Crippen LogP contribution in [0.4, 0.5) is 0 Å². The van der Waals surface area contributed by atoms with Gasteiger partial charge in [0.05, 0.1) is 31.2 Å². The Kier molecular flexibility index (Phi) is 2.87. The van der Waals surface area contributed by atoms with Crippen LogP contribution >= 0.6 is 0 Å². The number of carbonyl (C=O) groups excluding carboxylic acids is 1. The van der Waals surface area contributed by atoms with Crippen LogP contribution in [0, 0.1) is 11.8 Å². The second kappa shape index (κ2) is 4.21. The molecular weight excluding hydrogens is 248 g/mol. The van der Waals surface area contributed by atoms with E-state index in [0.717, 1.165) is 6.42 Å². The molecule has 0 aromatic heterocycles. The van der Waals surface area contributed by atoms with E-state index in [1.807, 2.05) is 20.8 Å². The summed E-state index contributed by atoms with van der Waals surface area (Å²) in [6.07, 6.45) is 2.15. The first-order valence-corrected chi connectivity index (χ1v) is 6.72. The maximum atomic E-state index is 11.9. The zero-order valence-electron chi connectivity index (χ0n) is 11.7. The van der Waals surface area contributed by atoms with Gasteiger partial charge in [0.25, 0.3) is 0 Å². The lowest BCUT2D eigenvalue weighted by atomic mass is 9.82. The predicted molar refractivity (Wildman–Crippen MR) is 66.1 cm³/mol. The van der Waals surface area contributed by atoms with Gasteiger partial charge in [0.2, 0.25) is 0 Å². The molecule has 5 nitrogen and oxygen atoms in total. The minimum Gasteiger partial charge on any atom is -0.504 e. The van der Waals surface area contributed by atoms with Crippen LogP contribution in [0.1, 0.15) is 27.2 Å². The van der Waals surface area contributed by atoms with Gasteiger partial charge in [-0.1, -0.05) is 0 Å². The SMILES string of the molecule is CO/C=C1/C(=O)O[C@@H](C)[C@@H]2[C@@H]3OC(C)(C)O[C@@H]3C[C@H]12. The molecule has 0 unspecified atom stereocenters. The number of cyclic esters (lactones) is 1. The molecule has 0 aromatic rings. The molecule has 0 amide bonds. The standard InChI is InChI=1S/C14H20O5/c1-7-11-8(9(6-16-4)13(15)17-7)5-10-12(11)19-14(2,3)18-10/h6-8,10-12H,5H2,1-4H3/b9-6+/t7-,8+,10+,11-,12+/m0/s1. The van der Waals surface area contributed by atoms with Crippen LogP contribution in [0.5, 0.6) is 0 Å². The Morgan fingerprint density at radius 2 is 2.11 bits per heavy atom. The fraction of sp³-hybridized carbons (Fsp3) is 0.786. The van der Waals surface area contributed by atoms with E-state index in [1.165, 1.54) is 6.26 Å². The van der Waals surface area contributed by atoms with Crippen molar-refractivity contribution in [2.75, 3.05) is 7.11 Å². The van der Waals surface area contributed by atoms with Crippen LogP contribution in [0.15, 0.2) is 11.8 Å². The molecule has 5 atom stereocenters. The Hall–Kier alpha value is -1.07. The molecule has 2 heterocycles. The quantitative estimate of drug-likeness (QED) is 0.411. The van der Waals surface area contributed by atoms with Crippen molar-refractivity contribution in [2.24, 2.45) is 11.8 Å². The van der Waals surface area contributed by atoms with E-state index < -0.39 is 5.79 Å². The fourth-order valence-electron chi connectivity index (χ4n) is 3.67. The molecule has 0 spiro atoms. The van der Waals surface area contributed by atoms with Crippen molar-refractivity contribution in [1.29, 1.82) is 0 Å². The summed E-state index contributed by atoms with van der Waals surface area (Å²) in [5.74, 6) is -0.588. The summed E-state index contributed by atoms with van der Waals surface area (Å²) < 4.78 is 22.3. The van der Waals surface area contributed by atoms with Gasteiger partial charge in [0.1, 0.15) is 6.10 Å². The molecule has 106 valence electrons. The number of rotatable bonds is 1. The van der Waals surface area contributed by atoms with Crippen LogP contribution in [-0.2, 0) is 23.7 Å². The second-order valence-electron chi connectivity index (χ2n) is 5.98. The van der Waals surface area contributed by atoms with Crippen LogP contribution in [0.25, 0.3) is 0 Å². The fourth-order valence-corrected chi connectivity index (χ4v) is 3.67. The number of fused-ring (bicyclic) bond motifs is 3. The third-order valence-electron chi connectivity index (χ3n) is 4.27. The molecular formula is C14H20O5. The lowest BCUT2D eigenvalue weighted by Crippen LogP contribution is -2.42. The van der Waals surface area contributed by atoms with E-state index in [1.54, 1.807) is 7.11 Å². The van der Waals surface area contributed by atoms with Crippen molar-refractivity contribution < 1.29 is 23.7 Å². The Bertz CT molecular complexity index is 428. The lowest BCUT2D eigenvalue weighted by Gasteiger charge is -2.35. The molecule has 5 heteroatoms. The summed E-state index contributed by atoms with van der Waals surface area (Å²) >= 11 is 0. The molecule has 0 radical (unpaired) electrons. The zero-order valence-corrected chi connectivity index (χ0v) is 11.7. The van der Waals surface area contributed by atoms with Gasteiger partial charge >= 0.3 is 5.97 Å². The van der Waals surface area contributed by atoms with E-state index in [-0.39, 0.29) is 36.1 Å². The third-order valence-corrected chi connectivity index (χ3v) is 4.27. The van der Waals surface area contributed by atoms with Gasteiger partial charge in [0, 0.05) is 11.8 Å². The van der Waals surface area contributed by atoms with Crippen molar-refractivity contribution in [3.8, 4) is 0 Å². The Morgan fingerprint density at radius 3 is 2.79 bits per heavy atom. The predicted octanol–water partition coefficient (Wildman–Crippen LogP) is 1.62. The molecule has 3 fully saturated rings. The van der Waals surface area contributed by atoms with E-state index in [9.17, 15) is 4.79 Å². The highest BCUT2D eigenvalue weighted by Crippen LogP contribution is 2.51. The highest BCUT2D eigenvalue weighted by molar-refractivity contribution is 5.90. The molecule has 0 aromatic carbocycles. The van der Waals surface area contributed by atoms with Crippen molar-refractivity contribution in [3.05, 3.63) is 11.8 Å². The van der Waals surface area contributed by atoms with Gasteiger partial charge in [-0.15, -0.1) is 0 Å². The van der Waals surface area contributed by atoms with Gasteiger partial charge in [-0.3, -0.25) is 0 Å². The topological polar surface area (TPSA) is 54.0 Å². The lowest BCUT2D eigenvalue weighted by molar-refractivity contribution is -0.176. The van der Waals surface area contributed by atoms with Crippen molar-refractivity contribution >= 4 is 5.97 Å². The number of methoxy groups -OCH3 is 1. The Labute approximate surface area is 112 Å². The molecule has 3 aliphatic rings. The van der Waals surface area contributed by atoms with E-state index in [0.29, 0.717) is 5.57 Å². The van der Waals surface area contributed by atoms with E-state index >= 15 is 0 Å². The van der Waals surface area contributed by atoms with Crippen LogP contribution < -0.4 is 0 Å². The van der Waals surface area contributed by atoms with Gasteiger partial charge in [-0.2, -0.15) is 0 Å². The average Bonchev–Trinajstić information content (AvgIpc) is 2.75. The van der Waals surface area contributed by atoms with E-state index in [4.69, 9.17) is 18.9 Å². The van der Waals surface area contributed by atoms with Crippen LogP contribution in [-0.4, -0.2) is 37.2 Å². The number of ether oxygens (including phenoxy) is 4. The Balaban J connectivity index is 1.90. The summed E-state index contributed by atoms with van der Waals surface area (Å²) in [6.45, 7) is 5.77. The van der Waals surface area contributed by atoms with Gasteiger partial charge in [0.15, 0.2) is 5.79 Å². The highest BCUT2D eigenvalue weighted by Gasteiger charge is 2.59. The van der Waals surface area contributed by atoms with Crippen molar-refractivity contribution in [3.63, 3.8) is 0 Å². The number of hydrogen-bond donors (Lipinski definition) is 0. The molecule has 19 heavy (non-hydrogen) atoms. The summed E-state index contributed by atoms with van der Waals surface area (Å²) in [5, 5.41) is 0. The second-order valence-corrected chi connectivity index (χ2v) is 5.98. The summed E-state index contributed by atoms with van der Waals surface area (Å²) in [5.41, 5.74) is 0.602. The number of esters is 1. The monoisotopic (exact) mass is 268 g/mol. The van der Waals surface area contributed by atoms with Gasteiger partial charge in [-0.05, 0) is 27.2 Å². The maximum Gasteiger partial charge on any atom is 0.337 e. The minimum absolute atomic E-state index is 0.0108.